The number of hydrogen-bond donors (Lipinski definition) is 4. The minimum atomic E-state index is -1.44. The lowest BCUT2D eigenvalue weighted by molar-refractivity contribution is -0.140. The first kappa shape index (κ1) is 16.1. The summed E-state index contributed by atoms with van der Waals surface area (Å²) in [4.78, 5) is 33.2. The van der Waals surface area contributed by atoms with Gasteiger partial charge in [-0.05, 0) is 12.1 Å². The second kappa shape index (κ2) is 6.97. The van der Waals surface area contributed by atoms with Crippen LogP contribution in [0.2, 0.25) is 10.0 Å². The van der Waals surface area contributed by atoms with E-state index in [1.807, 2.05) is 0 Å². The molecule has 108 valence electrons. The fourth-order valence-electron chi connectivity index (χ4n) is 1.33. The van der Waals surface area contributed by atoms with Crippen molar-refractivity contribution in [3.05, 3.63) is 28.2 Å². The zero-order valence-corrected chi connectivity index (χ0v) is 11.5. The Bertz CT molecular complexity index is 530. The predicted molar refractivity (Wildman–Crippen MR) is 73.9 cm³/mol. The van der Waals surface area contributed by atoms with Crippen LogP contribution in [0.25, 0.3) is 0 Å². The maximum Gasteiger partial charge on any atom is 0.326 e. The van der Waals surface area contributed by atoms with Crippen molar-refractivity contribution in [3.63, 3.8) is 0 Å². The average Bonchev–Trinajstić information content (AvgIpc) is 2.32. The van der Waals surface area contributed by atoms with Crippen molar-refractivity contribution in [1.29, 1.82) is 0 Å². The van der Waals surface area contributed by atoms with Crippen molar-refractivity contribution < 1.29 is 19.5 Å². The molecule has 0 saturated carbocycles. The van der Waals surface area contributed by atoms with Crippen LogP contribution in [-0.4, -0.2) is 29.1 Å². The number of benzene rings is 1. The summed E-state index contributed by atoms with van der Waals surface area (Å²) in [6.07, 6.45) is -0.529. The first-order chi connectivity index (χ1) is 9.31. The lowest BCUT2D eigenvalue weighted by Gasteiger charge is -2.14. The van der Waals surface area contributed by atoms with E-state index in [0.717, 1.165) is 0 Å². The number of carboxylic acids is 1. The summed E-state index contributed by atoms with van der Waals surface area (Å²) >= 11 is 11.7. The topological polar surface area (TPSA) is 122 Å². The van der Waals surface area contributed by atoms with Crippen molar-refractivity contribution in [3.8, 4) is 0 Å². The third-order valence-electron chi connectivity index (χ3n) is 2.21. The summed E-state index contributed by atoms with van der Waals surface area (Å²) in [6, 6.07) is 2.28. The maximum absolute atomic E-state index is 11.7. The molecule has 0 radical (unpaired) electrons. The van der Waals surface area contributed by atoms with Crippen molar-refractivity contribution in [2.75, 3.05) is 5.32 Å². The number of aliphatic carboxylic acids is 1. The molecule has 1 atom stereocenters. The normalized spacial score (nSPS) is 11.5. The number of para-hydroxylation sites is 1. The van der Waals surface area contributed by atoms with Crippen LogP contribution in [0.15, 0.2) is 18.2 Å². The molecule has 0 aliphatic rings. The Hall–Kier alpha value is -1.99. The van der Waals surface area contributed by atoms with Crippen molar-refractivity contribution in [1.82, 2.24) is 5.32 Å². The number of anilines is 1. The molecule has 0 saturated heterocycles. The number of nitrogens with two attached hydrogens (primary N) is 1. The number of rotatable bonds is 5. The van der Waals surface area contributed by atoms with Crippen molar-refractivity contribution >= 4 is 46.8 Å². The molecule has 0 aliphatic carbocycles. The summed E-state index contributed by atoms with van der Waals surface area (Å²) in [5, 5.41) is 13.6. The van der Waals surface area contributed by atoms with E-state index in [0.29, 0.717) is 0 Å². The molecule has 7 nitrogen and oxygen atoms in total. The Morgan fingerprint density at radius 3 is 2.25 bits per heavy atom. The number of carbonyl (C=O) groups excluding carboxylic acids is 2. The standard InChI is InChI=1S/C11H11Cl2N3O4/c12-5-2-1-3-6(13)9(5)16-11(20)15-7(10(18)19)4-8(14)17/h1-3,7H,4H2,(H2,14,17)(H,18,19)(H2,15,16,20)/t7-/m0/s1. The van der Waals surface area contributed by atoms with Crippen LogP contribution in [-0.2, 0) is 9.59 Å². The molecule has 0 aromatic heterocycles. The molecule has 9 heteroatoms. The van der Waals surface area contributed by atoms with Crippen LogP contribution in [0.5, 0.6) is 0 Å². The quantitative estimate of drug-likeness (QED) is 0.656. The van der Waals surface area contributed by atoms with Crippen LogP contribution in [0.1, 0.15) is 6.42 Å². The van der Waals surface area contributed by atoms with Crippen LogP contribution in [0, 0.1) is 0 Å². The van der Waals surface area contributed by atoms with Gasteiger partial charge in [-0.15, -0.1) is 0 Å². The highest BCUT2D eigenvalue weighted by atomic mass is 35.5. The molecule has 0 heterocycles. The molecule has 0 fully saturated rings. The number of carboxylic acid groups (broad SMARTS) is 1. The summed E-state index contributed by atoms with van der Waals surface area (Å²) < 4.78 is 0. The highest BCUT2D eigenvalue weighted by Gasteiger charge is 2.22. The lowest BCUT2D eigenvalue weighted by atomic mass is 10.2. The second-order valence-corrected chi connectivity index (χ2v) is 4.57. The van der Waals surface area contributed by atoms with Gasteiger partial charge < -0.3 is 21.5 Å². The number of urea groups is 1. The molecule has 3 amide bonds. The zero-order valence-electron chi connectivity index (χ0n) is 10.0. The van der Waals surface area contributed by atoms with E-state index in [-0.39, 0.29) is 15.7 Å². The number of primary amides is 1. The van der Waals surface area contributed by atoms with Gasteiger partial charge in [-0.1, -0.05) is 29.3 Å². The zero-order chi connectivity index (χ0) is 15.3. The van der Waals surface area contributed by atoms with Gasteiger partial charge in [0.2, 0.25) is 5.91 Å². The summed E-state index contributed by atoms with van der Waals surface area (Å²) in [5.41, 5.74) is 5.03. The number of hydrogen-bond acceptors (Lipinski definition) is 3. The van der Waals surface area contributed by atoms with Gasteiger partial charge in [-0.3, -0.25) is 4.79 Å². The van der Waals surface area contributed by atoms with Crippen molar-refractivity contribution in [2.45, 2.75) is 12.5 Å². The van der Waals surface area contributed by atoms with Crippen LogP contribution in [0.4, 0.5) is 10.5 Å². The SMILES string of the molecule is NC(=O)C[C@H](NC(=O)Nc1c(Cl)cccc1Cl)C(=O)O. The van der Waals surface area contributed by atoms with Gasteiger partial charge in [0.05, 0.1) is 22.2 Å². The molecule has 0 bridgehead atoms. The number of carbonyl (C=O) groups is 3. The fourth-order valence-corrected chi connectivity index (χ4v) is 1.82. The van der Waals surface area contributed by atoms with Crippen LogP contribution in [0.3, 0.4) is 0 Å². The Balaban J connectivity index is 2.76. The first-order valence-electron chi connectivity index (χ1n) is 5.34. The molecule has 0 spiro atoms. The lowest BCUT2D eigenvalue weighted by Crippen LogP contribution is -2.45. The summed E-state index contributed by atoms with van der Waals surface area (Å²) in [7, 11) is 0. The van der Waals surface area contributed by atoms with Gasteiger partial charge in [0.25, 0.3) is 0 Å². The monoisotopic (exact) mass is 319 g/mol. The third-order valence-corrected chi connectivity index (χ3v) is 2.84. The van der Waals surface area contributed by atoms with Gasteiger partial charge in [0.1, 0.15) is 6.04 Å². The second-order valence-electron chi connectivity index (χ2n) is 3.76. The van der Waals surface area contributed by atoms with Gasteiger partial charge in [-0.2, -0.15) is 0 Å². The molecule has 5 N–H and O–H groups in total. The minimum Gasteiger partial charge on any atom is -0.480 e. The molecule has 1 rings (SSSR count). The molecular weight excluding hydrogens is 309 g/mol. The van der Waals surface area contributed by atoms with Gasteiger partial charge in [-0.25, -0.2) is 9.59 Å². The molecular formula is C11H11Cl2N3O4. The van der Waals surface area contributed by atoms with Crippen LogP contribution >= 0.6 is 23.2 Å². The fraction of sp³-hybridized carbons (Fsp3) is 0.182. The molecule has 1 aromatic carbocycles. The van der Waals surface area contributed by atoms with Gasteiger partial charge >= 0.3 is 12.0 Å². The number of amides is 3. The number of halogens is 2. The van der Waals surface area contributed by atoms with E-state index in [1.54, 1.807) is 6.07 Å². The molecule has 20 heavy (non-hydrogen) atoms. The van der Waals surface area contributed by atoms with Crippen molar-refractivity contribution in [2.24, 2.45) is 5.73 Å². The average molecular weight is 320 g/mol. The Morgan fingerprint density at radius 2 is 1.80 bits per heavy atom. The van der Waals surface area contributed by atoms with Crippen LogP contribution < -0.4 is 16.4 Å². The van der Waals surface area contributed by atoms with E-state index in [9.17, 15) is 14.4 Å². The first-order valence-corrected chi connectivity index (χ1v) is 6.09. The number of nitrogens with one attached hydrogen (secondary N) is 2. The van der Waals surface area contributed by atoms with E-state index in [4.69, 9.17) is 34.0 Å². The largest absolute Gasteiger partial charge is 0.480 e. The highest BCUT2D eigenvalue weighted by Crippen LogP contribution is 2.29. The summed E-state index contributed by atoms with van der Waals surface area (Å²) in [5.74, 6) is -2.24. The smallest absolute Gasteiger partial charge is 0.326 e. The minimum absolute atomic E-state index is 0.136. The van der Waals surface area contributed by atoms with E-state index < -0.39 is 30.4 Å². The molecule has 0 unspecified atom stereocenters. The molecule has 0 aliphatic heterocycles. The highest BCUT2D eigenvalue weighted by molar-refractivity contribution is 6.39. The third kappa shape index (κ3) is 4.60. The Morgan fingerprint density at radius 1 is 1.25 bits per heavy atom. The Kier molecular flexibility index (Phi) is 5.60. The van der Waals surface area contributed by atoms with E-state index >= 15 is 0 Å². The van der Waals surface area contributed by atoms with Gasteiger partial charge in [0.15, 0.2) is 0 Å². The van der Waals surface area contributed by atoms with Gasteiger partial charge in [0, 0.05) is 0 Å². The maximum atomic E-state index is 11.7. The summed E-state index contributed by atoms with van der Waals surface area (Å²) in [6.45, 7) is 0. The predicted octanol–water partition coefficient (Wildman–Crippen LogP) is 1.44. The van der Waals surface area contributed by atoms with E-state index in [2.05, 4.69) is 10.6 Å². The Labute approximate surface area is 124 Å². The van der Waals surface area contributed by atoms with E-state index in [1.165, 1.54) is 12.1 Å². The molecule has 1 aromatic rings.